The molecule has 1 aliphatic carbocycles. The van der Waals surface area contributed by atoms with Gasteiger partial charge < -0.3 is 4.40 Å². The van der Waals surface area contributed by atoms with Gasteiger partial charge in [-0.2, -0.15) is 0 Å². The van der Waals surface area contributed by atoms with Crippen LogP contribution in [0.3, 0.4) is 0 Å². The normalized spacial score (nSPS) is 11.8. The lowest BCUT2D eigenvalue weighted by atomic mass is 10.0. The maximum atomic E-state index is 5.22. The minimum Gasteiger partial charge on any atom is -0.306 e. The highest BCUT2D eigenvalue weighted by Gasteiger charge is 2.16. The van der Waals surface area contributed by atoms with Gasteiger partial charge in [0.2, 0.25) is 0 Å². The van der Waals surface area contributed by atoms with Crippen molar-refractivity contribution in [2.45, 2.75) is 61.3 Å². The van der Waals surface area contributed by atoms with Crippen molar-refractivity contribution in [1.29, 1.82) is 0 Å². The third kappa shape index (κ3) is 8.98. The number of hydrogen-bond acceptors (Lipinski definition) is 5. The van der Waals surface area contributed by atoms with E-state index in [4.69, 9.17) is 19.9 Å². The second-order valence-electron chi connectivity index (χ2n) is 13.3. The molecule has 0 amide bonds. The van der Waals surface area contributed by atoms with Crippen molar-refractivity contribution in [3.63, 3.8) is 0 Å². The fourth-order valence-corrected chi connectivity index (χ4v) is 7.20. The van der Waals surface area contributed by atoms with Crippen LogP contribution in [0.4, 0.5) is 0 Å². The zero-order chi connectivity index (χ0) is 42.4. The standard InChI is InChI=1S/C48H36N6.3C2H6/c1-3-9-32(10-4-2)33-15-21-37(22-16-33)46-51-47(38-23-17-34(18-24-38)35-27-29-49-30-28-35)53-48(52-46)39-25-19-36(20-26-39)45-44-31-40-11-5-7-13-42(40)54(44)43-14-8-6-12-41(43)50-45;3*1-2/h3-5,7,9-31H,1,6,8H2,2H3;3*1-2H3/b10-4-,32-9+;;;. The molecule has 60 heavy (non-hydrogen) atoms. The van der Waals surface area contributed by atoms with E-state index in [1.165, 1.54) is 16.3 Å². The average Bonchev–Trinajstić information content (AvgIpc) is 3.74. The molecule has 6 nitrogen and oxygen atoms in total. The molecule has 0 fully saturated rings. The monoisotopic (exact) mass is 786 g/mol. The molecule has 0 spiro atoms. The summed E-state index contributed by atoms with van der Waals surface area (Å²) in [5.41, 5.74) is 11.4. The molecular weight excluding hydrogens is 733 g/mol. The molecule has 8 aromatic rings. The van der Waals surface area contributed by atoms with Crippen molar-refractivity contribution in [1.82, 2.24) is 29.3 Å². The molecule has 1 aliphatic rings. The summed E-state index contributed by atoms with van der Waals surface area (Å²) < 4.78 is 2.36. The van der Waals surface area contributed by atoms with Gasteiger partial charge >= 0.3 is 0 Å². The molecular formula is C54H54N6. The SMILES string of the molecule is C=C/C=C(\C=C/C)c1ccc(-c2nc(-c3ccc(-c4ccncc4)cc3)nc(-c3ccc(-c4nc5c(n6c4cc4ccccc46)=CCCC=5)cc3)n2)cc1.CC.CC.CC. The molecule has 0 aliphatic heterocycles. The van der Waals surface area contributed by atoms with Crippen LogP contribution >= 0.6 is 0 Å². The molecule has 0 radical (unpaired) electrons. The van der Waals surface area contributed by atoms with E-state index in [0.717, 1.165) is 73.9 Å². The van der Waals surface area contributed by atoms with Gasteiger partial charge in [-0.05, 0) is 66.3 Å². The second kappa shape index (κ2) is 20.6. The summed E-state index contributed by atoms with van der Waals surface area (Å²) in [4.78, 5) is 24.5. The summed E-state index contributed by atoms with van der Waals surface area (Å²) >= 11 is 0. The number of benzene rings is 4. The van der Waals surface area contributed by atoms with Crippen LogP contribution in [0.5, 0.6) is 0 Å². The third-order valence-corrected chi connectivity index (χ3v) is 9.86. The predicted molar refractivity (Wildman–Crippen MR) is 256 cm³/mol. The first-order valence-corrected chi connectivity index (χ1v) is 21.2. The number of hydrogen-bond donors (Lipinski definition) is 0. The molecule has 6 heteroatoms. The Morgan fingerprint density at radius 2 is 1.08 bits per heavy atom. The quantitative estimate of drug-likeness (QED) is 0.144. The Bertz CT molecular complexity index is 2870. The minimum atomic E-state index is 0.602. The van der Waals surface area contributed by atoms with Crippen molar-refractivity contribution in [3.05, 3.63) is 175 Å². The second-order valence-corrected chi connectivity index (χ2v) is 13.3. The maximum absolute atomic E-state index is 5.22. The molecule has 300 valence electrons. The number of para-hydroxylation sites is 1. The summed E-state index contributed by atoms with van der Waals surface area (Å²) in [5, 5.41) is 3.39. The molecule has 0 unspecified atom stereocenters. The van der Waals surface area contributed by atoms with Gasteiger partial charge in [0.1, 0.15) is 0 Å². The summed E-state index contributed by atoms with van der Waals surface area (Å²) in [7, 11) is 0. The lowest BCUT2D eigenvalue weighted by molar-refractivity contribution is 1.01. The first kappa shape index (κ1) is 42.6. The van der Waals surface area contributed by atoms with Crippen LogP contribution in [0.2, 0.25) is 0 Å². The van der Waals surface area contributed by atoms with Crippen LogP contribution in [0, 0.1) is 0 Å². The highest BCUT2D eigenvalue weighted by Crippen LogP contribution is 2.31. The van der Waals surface area contributed by atoms with Crippen molar-refractivity contribution in [3.8, 4) is 56.5 Å². The number of allylic oxidation sites excluding steroid dienone is 5. The Kier molecular flexibility index (Phi) is 14.6. The van der Waals surface area contributed by atoms with Gasteiger partial charge in [0.25, 0.3) is 0 Å². The van der Waals surface area contributed by atoms with Gasteiger partial charge in [-0.1, -0.05) is 176 Å². The number of pyridine rings is 1. The van der Waals surface area contributed by atoms with Crippen molar-refractivity contribution in [2.75, 3.05) is 0 Å². The van der Waals surface area contributed by atoms with Gasteiger partial charge in [-0.25, -0.2) is 19.9 Å². The number of fused-ring (bicyclic) bond motifs is 5. The molecule has 4 heterocycles. The summed E-state index contributed by atoms with van der Waals surface area (Å²) in [6.45, 7) is 17.9. The van der Waals surface area contributed by atoms with Crippen LogP contribution in [-0.4, -0.2) is 29.3 Å². The fraction of sp³-hybridized carbons (Fsp3) is 0.167. The van der Waals surface area contributed by atoms with E-state index in [0.29, 0.717) is 17.5 Å². The van der Waals surface area contributed by atoms with E-state index in [-0.39, 0.29) is 0 Å². The van der Waals surface area contributed by atoms with Gasteiger partial charge in [0, 0.05) is 40.0 Å². The zero-order valence-electron chi connectivity index (χ0n) is 35.9. The minimum absolute atomic E-state index is 0.602. The molecule has 0 bridgehead atoms. The lowest BCUT2D eigenvalue weighted by Gasteiger charge is -2.11. The van der Waals surface area contributed by atoms with E-state index in [1.807, 2.05) is 72.8 Å². The Balaban J connectivity index is 0.000000964. The van der Waals surface area contributed by atoms with Gasteiger partial charge in [0.15, 0.2) is 17.5 Å². The Hall–Kier alpha value is -7.05. The van der Waals surface area contributed by atoms with Crippen LogP contribution in [-0.2, 0) is 0 Å². The van der Waals surface area contributed by atoms with Crippen LogP contribution in [0.1, 0.15) is 66.9 Å². The number of rotatable bonds is 8. The van der Waals surface area contributed by atoms with E-state index in [2.05, 4.69) is 137 Å². The molecule has 4 aromatic heterocycles. The van der Waals surface area contributed by atoms with Crippen molar-refractivity contribution in [2.24, 2.45) is 0 Å². The van der Waals surface area contributed by atoms with E-state index in [9.17, 15) is 0 Å². The highest BCUT2D eigenvalue weighted by molar-refractivity contribution is 5.93. The molecule has 0 N–H and O–H groups in total. The van der Waals surface area contributed by atoms with Crippen LogP contribution < -0.4 is 10.7 Å². The lowest BCUT2D eigenvalue weighted by Crippen LogP contribution is -2.36. The first-order chi connectivity index (χ1) is 29.7. The maximum Gasteiger partial charge on any atom is 0.164 e. The third-order valence-electron chi connectivity index (χ3n) is 9.86. The molecule has 0 saturated carbocycles. The number of nitrogens with zero attached hydrogens (tertiary/aromatic N) is 6. The molecule has 0 atom stereocenters. The number of aromatic nitrogens is 6. The van der Waals surface area contributed by atoms with Crippen molar-refractivity contribution < 1.29 is 0 Å². The average molecular weight is 787 g/mol. The Morgan fingerprint density at radius 3 is 1.67 bits per heavy atom. The molecule has 9 rings (SSSR count). The fourth-order valence-electron chi connectivity index (χ4n) is 7.20. The largest absolute Gasteiger partial charge is 0.306 e. The Labute approximate surface area is 354 Å². The van der Waals surface area contributed by atoms with E-state index < -0.39 is 0 Å². The van der Waals surface area contributed by atoms with Gasteiger partial charge in [-0.3, -0.25) is 4.98 Å². The van der Waals surface area contributed by atoms with Crippen LogP contribution in [0.15, 0.2) is 159 Å². The smallest absolute Gasteiger partial charge is 0.164 e. The van der Waals surface area contributed by atoms with Gasteiger partial charge in [-0.15, -0.1) is 0 Å². The predicted octanol–water partition coefficient (Wildman–Crippen LogP) is 13.0. The van der Waals surface area contributed by atoms with Crippen molar-refractivity contribution >= 4 is 34.1 Å². The topological polar surface area (TPSA) is 68.9 Å². The first-order valence-electron chi connectivity index (χ1n) is 21.2. The van der Waals surface area contributed by atoms with E-state index >= 15 is 0 Å². The molecule has 0 saturated heterocycles. The van der Waals surface area contributed by atoms with Crippen LogP contribution in [0.25, 0.3) is 90.7 Å². The Morgan fingerprint density at radius 1 is 0.567 bits per heavy atom. The zero-order valence-corrected chi connectivity index (χ0v) is 35.9. The van der Waals surface area contributed by atoms with Gasteiger partial charge in [0.05, 0.1) is 27.4 Å². The summed E-state index contributed by atoms with van der Waals surface area (Å²) in [6.07, 6.45) is 18.1. The summed E-state index contributed by atoms with van der Waals surface area (Å²) in [6, 6.07) is 39.9. The molecule has 4 aromatic carbocycles. The van der Waals surface area contributed by atoms with E-state index in [1.54, 1.807) is 18.5 Å². The summed E-state index contributed by atoms with van der Waals surface area (Å²) in [5.74, 6) is 1.81. The highest BCUT2D eigenvalue weighted by atomic mass is 15.0.